The summed E-state index contributed by atoms with van der Waals surface area (Å²) in [4.78, 5) is 0. The minimum atomic E-state index is -1.55. The molecule has 1 unspecified atom stereocenters. The molecule has 0 saturated carbocycles. The lowest BCUT2D eigenvalue weighted by atomic mass is 9.80. The van der Waals surface area contributed by atoms with Crippen LogP contribution in [0.25, 0.3) is 0 Å². The minimum Gasteiger partial charge on any atom is -0.368 e. The van der Waals surface area contributed by atoms with Gasteiger partial charge in [-0.05, 0) is 40.7 Å². The lowest BCUT2D eigenvalue weighted by molar-refractivity contribution is -0.367. The maximum absolute atomic E-state index is 7.40. The average molecular weight is 775 g/mol. The summed E-state index contributed by atoms with van der Waals surface area (Å²) in [5.41, 5.74) is 4.71. The quantitative estimate of drug-likeness (QED) is 0.0490. The molecule has 296 valence electrons. The van der Waals surface area contributed by atoms with E-state index >= 15 is 0 Å². The number of fused-ring (bicyclic) bond motifs is 1. The summed E-state index contributed by atoms with van der Waals surface area (Å²) in [6.45, 7) is 5.02. The van der Waals surface area contributed by atoms with Gasteiger partial charge in [0.1, 0.15) is 30.0 Å². The van der Waals surface area contributed by atoms with Crippen molar-refractivity contribution in [2.45, 2.75) is 68.3 Å². The number of unbranched alkanes of at least 4 members (excludes halogenated alkanes) is 1. The molecule has 0 amide bonds. The molecule has 0 aliphatic carbocycles. The van der Waals surface area contributed by atoms with Crippen LogP contribution >= 0.6 is 0 Å². The van der Waals surface area contributed by atoms with E-state index in [4.69, 9.17) is 33.2 Å². The number of benzene rings is 6. The number of hydrogen-bond donors (Lipinski definition) is 0. The predicted molar refractivity (Wildman–Crippen MR) is 223 cm³/mol. The Kier molecular flexibility index (Phi) is 13.0. The third kappa shape index (κ3) is 8.77. The van der Waals surface area contributed by atoms with E-state index in [-0.39, 0.29) is 6.61 Å². The van der Waals surface area contributed by atoms with Gasteiger partial charge in [0.25, 0.3) is 0 Å². The summed E-state index contributed by atoms with van der Waals surface area (Å²) in [5, 5.41) is 0. The number of rotatable bonds is 18. The molecule has 6 atom stereocenters. The molecule has 0 spiro atoms. The van der Waals surface area contributed by atoms with Gasteiger partial charge in [0, 0.05) is 5.56 Å². The van der Waals surface area contributed by atoms with E-state index in [0.717, 1.165) is 46.2 Å². The van der Waals surface area contributed by atoms with E-state index < -0.39 is 42.3 Å². The highest BCUT2D eigenvalue weighted by molar-refractivity contribution is 5.47. The molecule has 7 heteroatoms. The molecule has 7 nitrogen and oxygen atoms in total. The molecule has 2 aliphatic heterocycles. The Morgan fingerprint density at radius 3 is 1.53 bits per heavy atom. The number of hydrogen-bond acceptors (Lipinski definition) is 7. The van der Waals surface area contributed by atoms with E-state index in [0.29, 0.717) is 19.8 Å². The van der Waals surface area contributed by atoms with E-state index in [2.05, 4.69) is 55.1 Å². The minimum absolute atomic E-state index is 0.119. The van der Waals surface area contributed by atoms with E-state index in [1.54, 1.807) is 0 Å². The fourth-order valence-corrected chi connectivity index (χ4v) is 7.86. The van der Waals surface area contributed by atoms with Gasteiger partial charge in [-0.2, -0.15) is 0 Å². The summed E-state index contributed by atoms with van der Waals surface area (Å²) in [6, 6.07) is 61.0. The lowest BCUT2D eigenvalue weighted by Crippen LogP contribution is -2.60. The van der Waals surface area contributed by atoms with Gasteiger partial charge >= 0.3 is 5.97 Å². The van der Waals surface area contributed by atoms with E-state index in [1.165, 1.54) is 0 Å². The van der Waals surface area contributed by atoms with Crippen LogP contribution in [0.3, 0.4) is 0 Å². The van der Waals surface area contributed by atoms with Crippen LogP contribution in [0, 0.1) is 0 Å². The van der Waals surface area contributed by atoms with Crippen LogP contribution in [0.1, 0.15) is 46.2 Å². The summed E-state index contributed by atoms with van der Waals surface area (Å²) in [7, 11) is 0. The van der Waals surface area contributed by atoms with Gasteiger partial charge in [-0.25, -0.2) is 0 Å². The standard InChI is InChI=1S/C51H50O7/c1-2-3-22-35-54-51(44-33-20-9-21-34-44)57-48-47(53-37-40-25-12-5-13-26-40)46(52-36-39-23-10-4-11-24-39)45(56-49(48)58-51)38-55-50(41-27-14-6-15-28-41,42-29-16-7-17-30-42)43-31-18-8-19-32-43/h2,4-21,23-34,45-49H,1,3,22,35-38H2/t45-,46-,47+,48+,49-,51?/m1/s1. The Bertz CT molecular complexity index is 2020. The van der Waals surface area contributed by atoms with Gasteiger partial charge in [0.05, 0.1) is 26.4 Å². The highest BCUT2D eigenvalue weighted by Gasteiger charge is 2.60. The molecule has 0 radical (unpaired) electrons. The SMILES string of the molecule is C=CCCCOC1(c2ccccc2)O[C@H]2O[C@H](COC(c3ccccc3)(c3ccccc3)c3ccccc3)[C@@H](OCc3ccccc3)[C@H](OCc3ccccc3)[C@@H]2O1. The van der Waals surface area contributed by atoms with Crippen molar-refractivity contribution < 1.29 is 33.2 Å². The first-order valence-electron chi connectivity index (χ1n) is 20.1. The van der Waals surface area contributed by atoms with Gasteiger partial charge in [-0.15, -0.1) is 6.58 Å². The van der Waals surface area contributed by atoms with Crippen molar-refractivity contribution in [3.63, 3.8) is 0 Å². The zero-order chi connectivity index (χ0) is 39.5. The highest BCUT2D eigenvalue weighted by Crippen LogP contribution is 2.46. The van der Waals surface area contributed by atoms with Gasteiger partial charge < -0.3 is 28.4 Å². The normalized spacial score (nSPS) is 22.9. The molecule has 58 heavy (non-hydrogen) atoms. The van der Waals surface area contributed by atoms with Crippen molar-refractivity contribution in [3.05, 3.63) is 228 Å². The maximum atomic E-state index is 7.40. The Morgan fingerprint density at radius 1 is 0.569 bits per heavy atom. The Balaban J connectivity index is 1.20. The largest absolute Gasteiger partial charge is 0.368 e. The van der Waals surface area contributed by atoms with Gasteiger partial charge in [0.15, 0.2) is 6.29 Å². The van der Waals surface area contributed by atoms with Crippen molar-refractivity contribution in [1.29, 1.82) is 0 Å². The number of allylic oxidation sites excluding steroid dienone is 1. The first-order chi connectivity index (χ1) is 28.7. The summed E-state index contributed by atoms with van der Waals surface area (Å²) in [5.74, 6) is -1.55. The molecular weight excluding hydrogens is 725 g/mol. The second kappa shape index (κ2) is 19.0. The van der Waals surface area contributed by atoms with Crippen LogP contribution in [0.2, 0.25) is 0 Å². The molecule has 0 aromatic heterocycles. The molecular formula is C51H50O7. The molecule has 2 fully saturated rings. The average Bonchev–Trinajstić information content (AvgIpc) is 3.68. The third-order valence-electron chi connectivity index (χ3n) is 10.7. The van der Waals surface area contributed by atoms with Crippen molar-refractivity contribution >= 4 is 0 Å². The first-order valence-corrected chi connectivity index (χ1v) is 20.1. The lowest BCUT2D eigenvalue weighted by Gasteiger charge is -2.44. The molecule has 6 aromatic rings. The third-order valence-corrected chi connectivity index (χ3v) is 10.7. The number of ether oxygens (including phenoxy) is 7. The molecule has 0 N–H and O–H groups in total. The fraction of sp³-hybridized carbons (Fsp3) is 0.255. The fourth-order valence-electron chi connectivity index (χ4n) is 7.86. The zero-order valence-corrected chi connectivity index (χ0v) is 32.6. The van der Waals surface area contributed by atoms with Gasteiger partial charge in [-0.3, -0.25) is 4.74 Å². The Morgan fingerprint density at radius 2 is 1.03 bits per heavy atom. The highest BCUT2D eigenvalue weighted by atomic mass is 16.9. The van der Waals surface area contributed by atoms with Crippen molar-refractivity contribution in [3.8, 4) is 0 Å². The Labute approximate surface area is 341 Å². The topological polar surface area (TPSA) is 64.6 Å². The van der Waals surface area contributed by atoms with Crippen LogP contribution < -0.4 is 0 Å². The molecule has 2 aliphatic rings. The second-order valence-electron chi connectivity index (χ2n) is 14.6. The molecule has 2 heterocycles. The van der Waals surface area contributed by atoms with Crippen LogP contribution in [-0.2, 0) is 57.9 Å². The van der Waals surface area contributed by atoms with E-state index in [9.17, 15) is 0 Å². The molecule has 0 bridgehead atoms. The van der Waals surface area contributed by atoms with Gasteiger partial charge in [0.2, 0.25) is 0 Å². The molecule has 2 saturated heterocycles. The van der Waals surface area contributed by atoms with Gasteiger partial charge in [-0.1, -0.05) is 188 Å². The molecule has 6 aromatic carbocycles. The zero-order valence-electron chi connectivity index (χ0n) is 32.6. The monoisotopic (exact) mass is 774 g/mol. The summed E-state index contributed by atoms with van der Waals surface area (Å²) >= 11 is 0. The second-order valence-corrected chi connectivity index (χ2v) is 14.6. The predicted octanol–water partition coefficient (Wildman–Crippen LogP) is 10.1. The van der Waals surface area contributed by atoms with Crippen molar-refractivity contribution in [2.24, 2.45) is 0 Å². The van der Waals surface area contributed by atoms with E-state index in [1.807, 2.05) is 140 Å². The van der Waals surface area contributed by atoms with Crippen LogP contribution in [0.4, 0.5) is 0 Å². The van der Waals surface area contributed by atoms with Crippen LogP contribution in [0.5, 0.6) is 0 Å². The first kappa shape index (κ1) is 39.6. The Hall–Kier alpha value is -5.22. The van der Waals surface area contributed by atoms with Crippen LogP contribution in [0.15, 0.2) is 195 Å². The maximum Gasteiger partial charge on any atom is 0.314 e. The van der Waals surface area contributed by atoms with Crippen molar-refractivity contribution in [1.82, 2.24) is 0 Å². The van der Waals surface area contributed by atoms with Crippen LogP contribution in [-0.4, -0.2) is 43.9 Å². The smallest absolute Gasteiger partial charge is 0.314 e. The summed E-state index contributed by atoms with van der Waals surface area (Å²) < 4.78 is 48.7. The van der Waals surface area contributed by atoms with Crippen molar-refractivity contribution in [2.75, 3.05) is 13.2 Å². The summed E-state index contributed by atoms with van der Waals surface area (Å²) in [6.07, 6.45) is -0.165. The molecule has 8 rings (SSSR count).